The minimum absolute atomic E-state index is 0.301. The smallest absolute Gasteiger partial charge is 0.240 e. The Labute approximate surface area is 363 Å². The molecule has 10 nitrogen and oxygen atoms in total. The van der Waals surface area contributed by atoms with Gasteiger partial charge in [0.2, 0.25) is 35.4 Å². The summed E-state index contributed by atoms with van der Waals surface area (Å²) in [6.45, 7) is 0. The molecule has 0 spiro atoms. The van der Waals surface area contributed by atoms with Crippen LogP contribution in [0.3, 0.4) is 0 Å². The van der Waals surface area contributed by atoms with Crippen molar-refractivity contribution in [2.24, 2.45) is 0 Å². The zero-order valence-electron chi connectivity index (χ0n) is 33.9. The van der Waals surface area contributed by atoms with Crippen LogP contribution < -0.4 is 0 Å². The number of benzene rings is 8. The predicted molar refractivity (Wildman–Crippen MR) is 256 cm³/mol. The van der Waals surface area contributed by atoms with Crippen LogP contribution in [0.25, 0.3) is 123 Å². The second kappa shape index (κ2) is 13.2. The highest BCUT2D eigenvalue weighted by molar-refractivity contribution is 6.12. The Balaban J connectivity index is 1.13. The van der Waals surface area contributed by atoms with Crippen molar-refractivity contribution in [3.05, 3.63) is 194 Å². The summed E-state index contributed by atoms with van der Waals surface area (Å²) in [5.74, 6) is 2.37. The third-order valence-electron chi connectivity index (χ3n) is 12.5. The molecule has 6 heterocycles. The first-order valence-electron chi connectivity index (χ1n) is 21.2. The standard InChI is InChI=1S/C54H32N10/c1-9-25-41-33(17-1)34-18-2-10-26-42(34)61(41)51-55-49(56-52(59-51)62-43-27-11-3-19-35(43)36-20-4-12-28-44(36)62)50-57-53(63-45-29-13-5-21-37(45)38-22-6-14-30-46(38)63)60-54(58-50)64-47-31-15-7-23-39(47)40-24-8-16-32-48(40)64/h1-32H. The molecule has 0 aliphatic heterocycles. The minimum Gasteiger partial charge on any atom is -0.278 e. The molecule has 0 radical (unpaired) electrons. The van der Waals surface area contributed by atoms with Gasteiger partial charge in [-0.05, 0) is 48.5 Å². The Kier molecular flexibility index (Phi) is 7.17. The molecule has 10 heteroatoms. The number of para-hydroxylation sites is 8. The third kappa shape index (κ3) is 4.90. The zero-order chi connectivity index (χ0) is 41.9. The van der Waals surface area contributed by atoms with Crippen molar-refractivity contribution in [2.45, 2.75) is 0 Å². The first-order chi connectivity index (χ1) is 31.8. The van der Waals surface area contributed by atoms with Gasteiger partial charge in [0.05, 0.1) is 44.1 Å². The largest absolute Gasteiger partial charge is 0.278 e. The molecule has 64 heavy (non-hydrogen) atoms. The molecule has 0 amide bonds. The molecular weight excluding hydrogens is 789 g/mol. The quantitative estimate of drug-likeness (QED) is 0.171. The van der Waals surface area contributed by atoms with Gasteiger partial charge in [-0.3, -0.25) is 18.3 Å². The molecule has 0 unspecified atom stereocenters. The van der Waals surface area contributed by atoms with Crippen molar-refractivity contribution >= 4 is 87.2 Å². The second-order valence-electron chi connectivity index (χ2n) is 16.0. The summed E-state index contributed by atoms with van der Waals surface area (Å²) < 4.78 is 8.48. The molecule has 8 aromatic carbocycles. The fourth-order valence-corrected chi connectivity index (χ4v) is 9.86. The monoisotopic (exact) mass is 820 g/mol. The molecule has 0 fully saturated rings. The molecule has 0 saturated carbocycles. The van der Waals surface area contributed by atoms with Gasteiger partial charge in [-0.2, -0.15) is 29.9 Å². The summed E-state index contributed by atoms with van der Waals surface area (Å²) >= 11 is 0. The normalized spacial score (nSPS) is 12.1. The molecule has 14 rings (SSSR count). The number of hydrogen-bond acceptors (Lipinski definition) is 6. The minimum atomic E-state index is 0.301. The van der Waals surface area contributed by atoms with Crippen LogP contribution in [-0.2, 0) is 0 Å². The van der Waals surface area contributed by atoms with Gasteiger partial charge in [-0.15, -0.1) is 0 Å². The van der Waals surface area contributed by atoms with Gasteiger partial charge in [-0.1, -0.05) is 146 Å². The fourth-order valence-electron chi connectivity index (χ4n) is 9.86. The number of rotatable bonds is 5. The predicted octanol–water partition coefficient (Wildman–Crippen LogP) is 12.1. The van der Waals surface area contributed by atoms with E-state index in [0.717, 1.165) is 87.2 Å². The molecule has 0 bridgehead atoms. The van der Waals surface area contributed by atoms with Crippen LogP contribution in [0, 0.1) is 0 Å². The Morgan fingerprint density at radius 2 is 0.344 bits per heavy atom. The van der Waals surface area contributed by atoms with Gasteiger partial charge in [0.1, 0.15) is 0 Å². The lowest BCUT2D eigenvalue weighted by atomic mass is 10.2. The van der Waals surface area contributed by atoms with Crippen molar-refractivity contribution in [2.75, 3.05) is 0 Å². The van der Waals surface area contributed by atoms with E-state index in [1.165, 1.54) is 0 Å². The van der Waals surface area contributed by atoms with Gasteiger partial charge >= 0.3 is 0 Å². The van der Waals surface area contributed by atoms with Crippen molar-refractivity contribution in [3.8, 4) is 35.4 Å². The molecule has 6 aromatic heterocycles. The number of aromatic nitrogens is 10. The van der Waals surface area contributed by atoms with Crippen molar-refractivity contribution in [3.63, 3.8) is 0 Å². The van der Waals surface area contributed by atoms with E-state index in [4.69, 9.17) is 29.9 Å². The summed E-state index contributed by atoms with van der Waals surface area (Å²) in [7, 11) is 0. The van der Waals surface area contributed by atoms with Crippen LogP contribution in [0.4, 0.5) is 0 Å². The maximum atomic E-state index is 5.37. The molecule has 0 aliphatic rings. The second-order valence-corrected chi connectivity index (χ2v) is 16.0. The first kappa shape index (κ1) is 34.7. The number of nitrogens with zero attached hydrogens (tertiary/aromatic N) is 10. The molecule has 0 atom stereocenters. The SMILES string of the molecule is c1ccc2c(c1)c1ccccc1n2-c1nc(-c2nc(-n3c4ccccc4c4ccccc43)nc(-n3c4ccccc4c4ccccc43)n2)nc(-n2c3ccccc3c3ccccc32)n1. The molecule has 0 N–H and O–H groups in total. The van der Waals surface area contributed by atoms with E-state index in [1.54, 1.807) is 0 Å². The van der Waals surface area contributed by atoms with E-state index < -0.39 is 0 Å². The molecular formula is C54H32N10. The Hall–Kier alpha value is -9.02. The lowest BCUT2D eigenvalue weighted by Crippen LogP contribution is -2.14. The summed E-state index contributed by atoms with van der Waals surface area (Å²) in [6, 6.07) is 67.0. The maximum absolute atomic E-state index is 5.37. The van der Waals surface area contributed by atoms with Gasteiger partial charge in [-0.25, -0.2) is 0 Å². The summed E-state index contributed by atoms with van der Waals surface area (Å²) in [5.41, 5.74) is 7.79. The number of fused-ring (bicyclic) bond motifs is 12. The van der Waals surface area contributed by atoms with Crippen molar-refractivity contribution in [1.29, 1.82) is 0 Å². The maximum Gasteiger partial charge on any atom is 0.240 e. The van der Waals surface area contributed by atoms with Crippen molar-refractivity contribution < 1.29 is 0 Å². The highest BCUT2D eigenvalue weighted by atomic mass is 15.3. The Morgan fingerprint density at radius 1 is 0.188 bits per heavy atom. The van der Waals surface area contributed by atoms with Crippen LogP contribution in [0.15, 0.2) is 194 Å². The summed E-state index contributed by atoms with van der Waals surface area (Å²) in [4.78, 5) is 32.2. The first-order valence-corrected chi connectivity index (χ1v) is 21.2. The lowest BCUT2D eigenvalue weighted by molar-refractivity contribution is 0.856. The molecule has 0 saturated heterocycles. The van der Waals surface area contributed by atoms with E-state index in [9.17, 15) is 0 Å². The van der Waals surface area contributed by atoms with E-state index >= 15 is 0 Å². The Bertz CT molecular complexity index is 3480. The van der Waals surface area contributed by atoms with E-state index in [2.05, 4.69) is 212 Å². The van der Waals surface area contributed by atoms with Crippen LogP contribution in [0.2, 0.25) is 0 Å². The zero-order valence-corrected chi connectivity index (χ0v) is 33.9. The highest BCUT2D eigenvalue weighted by Gasteiger charge is 2.25. The lowest BCUT2D eigenvalue weighted by Gasteiger charge is -2.14. The third-order valence-corrected chi connectivity index (χ3v) is 12.5. The van der Waals surface area contributed by atoms with Gasteiger partial charge in [0.15, 0.2) is 0 Å². The molecule has 14 aromatic rings. The van der Waals surface area contributed by atoms with Crippen LogP contribution in [-0.4, -0.2) is 48.2 Å². The number of hydrogen-bond donors (Lipinski definition) is 0. The Morgan fingerprint density at radius 3 is 0.516 bits per heavy atom. The average Bonchev–Trinajstić information content (AvgIpc) is 4.09. The van der Waals surface area contributed by atoms with Gasteiger partial charge < -0.3 is 0 Å². The highest BCUT2D eigenvalue weighted by Crippen LogP contribution is 2.37. The van der Waals surface area contributed by atoms with E-state index in [-0.39, 0.29) is 0 Å². The fraction of sp³-hybridized carbons (Fsp3) is 0. The van der Waals surface area contributed by atoms with E-state index in [1.807, 2.05) is 0 Å². The molecule has 298 valence electrons. The summed E-state index contributed by atoms with van der Waals surface area (Å²) in [5, 5.41) is 8.78. The van der Waals surface area contributed by atoms with Crippen molar-refractivity contribution in [1.82, 2.24) is 48.2 Å². The molecule has 0 aliphatic carbocycles. The van der Waals surface area contributed by atoms with Crippen LogP contribution >= 0.6 is 0 Å². The average molecular weight is 821 g/mol. The van der Waals surface area contributed by atoms with Crippen LogP contribution in [0.1, 0.15) is 0 Å². The van der Waals surface area contributed by atoms with Gasteiger partial charge in [0, 0.05) is 43.1 Å². The van der Waals surface area contributed by atoms with E-state index in [0.29, 0.717) is 35.4 Å². The van der Waals surface area contributed by atoms with Crippen LogP contribution in [0.5, 0.6) is 0 Å². The van der Waals surface area contributed by atoms with Gasteiger partial charge in [0.25, 0.3) is 0 Å². The summed E-state index contributed by atoms with van der Waals surface area (Å²) in [6.07, 6.45) is 0. The topological polar surface area (TPSA) is 97.1 Å².